The fraction of sp³-hybridized carbons (Fsp3) is 0.857. The van der Waals surface area contributed by atoms with Crippen molar-refractivity contribution in [3.63, 3.8) is 0 Å². The molecule has 1 saturated heterocycles. The number of aromatic nitrogens is 3. The van der Waals surface area contributed by atoms with Crippen molar-refractivity contribution in [2.24, 2.45) is 0 Å². The molecule has 2 heterocycles. The van der Waals surface area contributed by atoms with Crippen molar-refractivity contribution in [1.82, 2.24) is 25.2 Å². The van der Waals surface area contributed by atoms with Crippen molar-refractivity contribution in [2.75, 3.05) is 24.5 Å². The van der Waals surface area contributed by atoms with Gasteiger partial charge in [-0.2, -0.15) is 15.0 Å². The smallest absolute Gasteiger partial charge is 0.231 e. The molecule has 0 saturated carbocycles. The van der Waals surface area contributed by atoms with Crippen molar-refractivity contribution in [3.8, 4) is 0 Å². The molecule has 166 valence electrons. The molecule has 1 aromatic heterocycles. The van der Waals surface area contributed by atoms with Gasteiger partial charge >= 0.3 is 0 Å². The molecule has 8 heteroatoms. The number of rotatable bonds is 9. The van der Waals surface area contributed by atoms with Crippen LogP contribution >= 0.6 is 23.2 Å². The summed E-state index contributed by atoms with van der Waals surface area (Å²) in [4.78, 5) is 17.7. The Morgan fingerprint density at radius 3 is 2.00 bits per heavy atom. The van der Waals surface area contributed by atoms with Gasteiger partial charge in [0, 0.05) is 23.2 Å². The average Bonchev–Trinajstić information content (AvgIpc) is 2.55. The van der Waals surface area contributed by atoms with Crippen LogP contribution in [0.25, 0.3) is 0 Å². The van der Waals surface area contributed by atoms with Crippen molar-refractivity contribution < 1.29 is 0 Å². The number of hydrogen-bond acceptors (Lipinski definition) is 6. The molecular formula is C21H38Cl2N6. The van der Waals surface area contributed by atoms with Crippen LogP contribution in [0.5, 0.6) is 0 Å². The van der Waals surface area contributed by atoms with E-state index in [1.54, 1.807) is 0 Å². The summed E-state index contributed by atoms with van der Waals surface area (Å²) < 4.78 is 0. The molecule has 0 aliphatic carbocycles. The molecule has 1 aromatic rings. The Labute approximate surface area is 186 Å². The van der Waals surface area contributed by atoms with E-state index in [9.17, 15) is 0 Å². The average molecular weight is 445 g/mol. The molecule has 0 amide bonds. The van der Waals surface area contributed by atoms with Crippen LogP contribution in [0.3, 0.4) is 0 Å². The Morgan fingerprint density at radius 1 is 1.00 bits per heavy atom. The predicted octanol–water partition coefficient (Wildman–Crippen LogP) is 4.80. The van der Waals surface area contributed by atoms with Crippen LogP contribution in [0, 0.1) is 0 Å². The second kappa shape index (κ2) is 10.1. The number of nitrogens with zero attached hydrogens (tertiary/aromatic N) is 5. The van der Waals surface area contributed by atoms with Crippen LogP contribution in [-0.2, 0) is 0 Å². The lowest BCUT2D eigenvalue weighted by Gasteiger charge is -2.51. The van der Waals surface area contributed by atoms with E-state index in [-0.39, 0.29) is 27.7 Å². The summed E-state index contributed by atoms with van der Waals surface area (Å²) in [5.74, 6) is 0.587. The number of halogens is 2. The summed E-state index contributed by atoms with van der Waals surface area (Å²) in [6, 6.07) is 0.564. The number of piperidine rings is 1. The highest BCUT2D eigenvalue weighted by Gasteiger charge is 2.41. The van der Waals surface area contributed by atoms with Gasteiger partial charge in [-0.15, -0.1) is 0 Å². The van der Waals surface area contributed by atoms with Crippen molar-refractivity contribution >= 4 is 29.2 Å². The van der Waals surface area contributed by atoms with E-state index in [4.69, 9.17) is 23.2 Å². The minimum atomic E-state index is 0.0201. The number of anilines is 1. The third kappa shape index (κ3) is 7.20. The monoisotopic (exact) mass is 444 g/mol. The zero-order valence-corrected chi connectivity index (χ0v) is 20.6. The first-order valence-corrected chi connectivity index (χ1v) is 11.6. The predicted molar refractivity (Wildman–Crippen MR) is 123 cm³/mol. The fourth-order valence-corrected chi connectivity index (χ4v) is 5.26. The summed E-state index contributed by atoms with van der Waals surface area (Å²) in [6.07, 6.45) is 4.18. The van der Waals surface area contributed by atoms with Gasteiger partial charge in [0.25, 0.3) is 0 Å². The van der Waals surface area contributed by atoms with Gasteiger partial charge in [-0.3, -0.25) is 0 Å². The Kier molecular flexibility index (Phi) is 8.54. The summed E-state index contributed by atoms with van der Waals surface area (Å²) >= 11 is 12.3. The summed E-state index contributed by atoms with van der Waals surface area (Å²) in [6.45, 7) is 19.0. The van der Waals surface area contributed by atoms with Gasteiger partial charge in [-0.1, -0.05) is 13.8 Å². The molecule has 29 heavy (non-hydrogen) atoms. The second-order valence-electron chi connectivity index (χ2n) is 9.55. The SMILES string of the molecule is CCN(CC)CCCC(C)N(c1nc(Cl)nc(Cl)n1)C1CC(C)(C)NC(C)(C)C1. The third-order valence-electron chi connectivity index (χ3n) is 5.83. The van der Waals surface area contributed by atoms with Gasteiger partial charge in [0.05, 0.1) is 0 Å². The Balaban J connectivity index is 2.28. The Bertz CT molecular complexity index is 626. The van der Waals surface area contributed by atoms with Gasteiger partial charge in [-0.25, -0.2) is 0 Å². The van der Waals surface area contributed by atoms with Crippen molar-refractivity contribution in [2.45, 2.75) is 97.3 Å². The topological polar surface area (TPSA) is 57.2 Å². The van der Waals surface area contributed by atoms with E-state index < -0.39 is 0 Å². The van der Waals surface area contributed by atoms with E-state index >= 15 is 0 Å². The zero-order chi connectivity index (χ0) is 21.8. The van der Waals surface area contributed by atoms with Crippen LogP contribution in [0.2, 0.25) is 10.6 Å². The lowest BCUT2D eigenvalue weighted by atomic mass is 9.78. The van der Waals surface area contributed by atoms with Crippen molar-refractivity contribution in [3.05, 3.63) is 10.6 Å². The molecule has 2 rings (SSSR count). The first kappa shape index (κ1) is 24.6. The van der Waals surface area contributed by atoms with Gasteiger partial charge in [0.1, 0.15) is 0 Å². The first-order valence-electron chi connectivity index (χ1n) is 10.8. The van der Waals surface area contributed by atoms with Gasteiger partial charge in [-0.05, 0) is 103 Å². The van der Waals surface area contributed by atoms with Crippen molar-refractivity contribution in [1.29, 1.82) is 0 Å². The summed E-state index contributed by atoms with van der Waals surface area (Å²) in [7, 11) is 0. The van der Waals surface area contributed by atoms with E-state index in [1.165, 1.54) is 0 Å². The quantitative estimate of drug-likeness (QED) is 0.589. The molecular weight excluding hydrogens is 407 g/mol. The third-order valence-corrected chi connectivity index (χ3v) is 6.17. The molecule has 0 spiro atoms. The molecule has 1 aliphatic rings. The maximum absolute atomic E-state index is 6.14. The normalized spacial score (nSPS) is 20.1. The second-order valence-corrected chi connectivity index (χ2v) is 10.2. The highest BCUT2D eigenvalue weighted by atomic mass is 35.5. The minimum absolute atomic E-state index is 0.0201. The Hall–Kier alpha value is -0.690. The molecule has 1 unspecified atom stereocenters. The molecule has 1 atom stereocenters. The molecule has 0 bridgehead atoms. The van der Waals surface area contributed by atoms with Gasteiger partial charge in [0.2, 0.25) is 16.5 Å². The molecule has 1 aliphatic heterocycles. The molecule has 1 N–H and O–H groups in total. The van der Waals surface area contributed by atoms with Crippen LogP contribution in [-0.4, -0.2) is 62.6 Å². The maximum Gasteiger partial charge on any atom is 0.231 e. The van der Waals surface area contributed by atoms with E-state index in [2.05, 4.69) is 78.5 Å². The molecule has 0 radical (unpaired) electrons. The summed E-state index contributed by atoms with van der Waals surface area (Å²) in [5.41, 5.74) is 0.0401. The minimum Gasteiger partial charge on any atom is -0.335 e. The van der Waals surface area contributed by atoms with Crippen LogP contribution in [0.4, 0.5) is 5.95 Å². The molecule has 6 nitrogen and oxygen atoms in total. The first-order chi connectivity index (χ1) is 13.5. The van der Waals surface area contributed by atoms with E-state index in [0.29, 0.717) is 12.0 Å². The molecule has 0 aromatic carbocycles. The highest BCUT2D eigenvalue weighted by molar-refractivity contribution is 6.31. The Morgan fingerprint density at radius 2 is 1.52 bits per heavy atom. The fourth-order valence-electron chi connectivity index (χ4n) is 4.91. The van der Waals surface area contributed by atoms with E-state index in [0.717, 1.165) is 45.3 Å². The largest absolute Gasteiger partial charge is 0.335 e. The van der Waals surface area contributed by atoms with Crippen LogP contribution < -0.4 is 10.2 Å². The van der Waals surface area contributed by atoms with Gasteiger partial charge in [0.15, 0.2) is 0 Å². The van der Waals surface area contributed by atoms with E-state index in [1.807, 2.05) is 0 Å². The summed E-state index contributed by atoms with van der Waals surface area (Å²) in [5, 5.41) is 4.06. The highest BCUT2D eigenvalue weighted by Crippen LogP contribution is 2.35. The number of nitrogens with one attached hydrogen (secondary N) is 1. The number of hydrogen-bond donors (Lipinski definition) is 1. The van der Waals surface area contributed by atoms with Gasteiger partial charge < -0.3 is 15.1 Å². The molecule has 1 fully saturated rings. The zero-order valence-electron chi connectivity index (χ0n) is 19.1. The van der Waals surface area contributed by atoms with Crippen LogP contribution in [0.1, 0.15) is 74.1 Å². The lowest BCUT2D eigenvalue weighted by Crippen LogP contribution is -2.63. The maximum atomic E-state index is 6.14. The standard InChI is InChI=1S/C21H38Cl2N6/c1-8-28(9-2)12-10-11-15(3)29(19-25-17(22)24-18(23)26-19)16-13-20(4,5)27-21(6,7)14-16/h15-16,27H,8-14H2,1-7H3. The van der Waals surface area contributed by atoms with Crippen LogP contribution in [0.15, 0.2) is 0 Å². The lowest BCUT2D eigenvalue weighted by molar-refractivity contribution is 0.153.